The van der Waals surface area contributed by atoms with E-state index in [1.165, 1.54) is 6.08 Å². The summed E-state index contributed by atoms with van der Waals surface area (Å²) >= 11 is 0. The number of amides is 1. The second-order valence-electron chi connectivity index (χ2n) is 5.27. The summed E-state index contributed by atoms with van der Waals surface area (Å²) in [7, 11) is 0. The Morgan fingerprint density at radius 3 is 3.05 bits per heavy atom. The van der Waals surface area contributed by atoms with Crippen molar-refractivity contribution in [1.29, 1.82) is 0 Å². The smallest absolute Gasteiger partial charge is 0.410 e. The lowest BCUT2D eigenvalue weighted by molar-refractivity contribution is -0.145. The maximum atomic E-state index is 11.9. The molecule has 1 spiro atoms. The van der Waals surface area contributed by atoms with Crippen molar-refractivity contribution in [3.63, 3.8) is 0 Å². The Bertz CT molecular complexity index is 385. The van der Waals surface area contributed by atoms with Crippen molar-refractivity contribution < 1.29 is 19.4 Å². The minimum Gasteiger partial charge on any atom is -0.481 e. The highest BCUT2D eigenvalue weighted by Crippen LogP contribution is 2.40. The molecule has 2 unspecified atom stereocenters. The lowest BCUT2D eigenvalue weighted by atomic mass is 9.72. The van der Waals surface area contributed by atoms with Crippen molar-refractivity contribution in [2.45, 2.75) is 12.8 Å². The monoisotopic (exact) mass is 268 g/mol. The van der Waals surface area contributed by atoms with Gasteiger partial charge in [-0.2, -0.15) is 0 Å². The highest BCUT2D eigenvalue weighted by atomic mass is 16.6. The van der Waals surface area contributed by atoms with Gasteiger partial charge in [-0.1, -0.05) is 12.7 Å². The van der Waals surface area contributed by atoms with Crippen molar-refractivity contribution in [1.82, 2.24) is 10.2 Å². The second-order valence-corrected chi connectivity index (χ2v) is 5.27. The number of piperidine rings is 1. The van der Waals surface area contributed by atoms with Crippen LogP contribution in [-0.4, -0.2) is 54.9 Å². The van der Waals surface area contributed by atoms with Gasteiger partial charge in [-0.3, -0.25) is 4.79 Å². The third-order valence-electron chi connectivity index (χ3n) is 4.05. The fourth-order valence-corrected chi connectivity index (χ4v) is 3.12. The van der Waals surface area contributed by atoms with E-state index in [0.717, 1.165) is 12.8 Å². The fraction of sp³-hybridized carbons (Fsp3) is 0.692. The van der Waals surface area contributed by atoms with Gasteiger partial charge in [-0.05, 0) is 12.8 Å². The number of hydrogen-bond donors (Lipinski definition) is 2. The van der Waals surface area contributed by atoms with Gasteiger partial charge in [0.05, 0.1) is 5.92 Å². The molecule has 2 fully saturated rings. The summed E-state index contributed by atoms with van der Waals surface area (Å²) in [6, 6.07) is 0. The van der Waals surface area contributed by atoms with Gasteiger partial charge in [0.2, 0.25) is 0 Å². The second kappa shape index (κ2) is 5.61. The number of rotatable bonds is 3. The first-order valence-corrected chi connectivity index (χ1v) is 6.55. The van der Waals surface area contributed by atoms with Crippen molar-refractivity contribution in [2.24, 2.45) is 11.3 Å². The van der Waals surface area contributed by atoms with Crippen LogP contribution in [0.2, 0.25) is 0 Å². The highest BCUT2D eigenvalue weighted by molar-refractivity contribution is 5.73. The Kier molecular flexibility index (Phi) is 4.09. The molecule has 2 saturated heterocycles. The first-order valence-electron chi connectivity index (χ1n) is 6.55. The SMILES string of the molecule is C=CCOC(=O)N1CCCC2(CNCC2C(=O)O)C1. The number of hydrogen-bond acceptors (Lipinski definition) is 4. The standard InChI is InChI=1S/C13H20N2O4/c1-2-6-19-12(18)15-5-3-4-13(9-15)8-14-7-10(13)11(16)17/h2,10,14H,1,3-9H2,(H,16,17). The first-order chi connectivity index (χ1) is 9.09. The predicted molar refractivity (Wildman–Crippen MR) is 68.8 cm³/mol. The van der Waals surface area contributed by atoms with Gasteiger partial charge in [-0.15, -0.1) is 0 Å². The molecule has 19 heavy (non-hydrogen) atoms. The first kappa shape index (κ1) is 13.9. The number of carboxylic acid groups (broad SMARTS) is 1. The number of carbonyl (C=O) groups is 2. The topological polar surface area (TPSA) is 78.9 Å². The molecular formula is C13H20N2O4. The van der Waals surface area contributed by atoms with Crippen molar-refractivity contribution in [2.75, 3.05) is 32.8 Å². The molecule has 2 heterocycles. The van der Waals surface area contributed by atoms with E-state index in [-0.39, 0.29) is 18.1 Å². The normalized spacial score (nSPS) is 30.3. The summed E-state index contributed by atoms with van der Waals surface area (Å²) in [5, 5.41) is 12.5. The summed E-state index contributed by atoms with van der Waals surface area (Å²) in [5.74, 6) is -1.21. The van der Waals surface area contributed by atoms with Gasteiger partial charge in [0.15, 0.2) is 0 Å². The number of likely N-dealkylation sites (tertiary alicyclic amines) is 1. The van der Waals surface area contributed by atoms with E-state index in [2.05, 4.69) is 11.9 Å². The Balaban J connectivity index is 2.05. The van der Waals surface area contributed by atoms with E-state index in [0.29, 0.717) is 26.2 Å². The van der Waals surface area contributed by atoms with E-state index < -0.39 is 11.9 Å². The molecule has 2 atom stereocenters. The summed E-state index contributed by atoms with van der Waals surface area (Å²) in [6.45, 7) is 5.89. The number of aliphatic carboxylic acids is 1. The van der Waals surface area contributed by atoms with Gasteiger partial charge in [0.25, 0.3) is 0 Å². The molecule has 2 N–H and O–H groups in total. The van der Waals surface area contributed by atoms with Crippen LogP contribution < -0.4 is 5.32 Å². The molecule has 6 heteroatoms. The average molecular weight is 268 g/mol. The third kappa shape index (κ3) is 2.73. The Labute approximate surface area is 112 Å². The summed E-state index contributed by atoms with van der Waals surface area (Å²) in [5.41, 5.74) is -0.350. The van der Waals surface area contributed by atoms with Gasteiger partial charge in [-0.25, -0.2) is 4.79 Å². The Morgan fingerprint density at radius 1 is 1.58 bits per heavy atom. The van der Waals surface area contributed by atoms with E-state index in [1.54, 1.807) is 4.90 Å². The van der Waals surface area contributed by atoms with E-state index in [9.17, 15) is 14.7 Å². The molecule has 2 aliphatic rings. The van der Waals surface area contributed by atoms with Crippen molar-refractivity contribution in [3.05, 3.63) is 12.7 Å². The molecule has 1 amide bonds. The highest BCUT2D eigenvalue weighted by Gasteiger charge is 2.50. The number of carboxylic acids is 1. The minimum atomic E-state index is -0.786. The molecule has 0 aromatic carbocycles. The zero-order chi connectivity index (χ0) is 13.9. The number of nitrogens with zero attached hydrogens (tertiary/aromatic N) is 1. The molecule has 6 nitrogen and oxygen atoms in total. The van der Waals surface area contributed by atoms with Crippen LogP contribution >= 0.6 is 0 Å². The number of ether oxygens (including phenoxy) is 1. The van der Waals surface area contributed by atoms with Crippen molar-refractivity contribution in [3.8, 4) is 0 Å². The molecule has 106 valence electrons. The largest absolute Gasteiger partial charge is 0.481 e. The van der Waals surface area contributed by atoms with Crippen molar-refractivity contribution >= 4 is 12.1 Å². The van der Waals surface area contributed by atoms with Gasteiger partial charge < -0.3 is 20.1 Å². The van der Waals surface area contributed by atoms with E-state index in [4.69, 9.17) is 4.74 Å². The quantitative estimate of drug-likeness (QED) is 0.736. The van der Waals surface area contributed by atoms with Crippen LogP contribution in [0.1, 0.15) is 12.8 Å². The Morgan fingerprint density at radius 2 is 2.37 bits per heavy atom. The summed E-state index contributed by atoms with van der Waals surface area (Å²) < 4.78 is 5.03. The van der Waals surface area contributed by atoms with Gasteiger partial charge >= 0.3 is 12.1 Å². The average Bonchev–Trinajstić information content (AvgIpc) is 2.79. The maximum Gasteiger partial charge on any atom is 0.410 e. The zero-order valence-electron chi connectivity index (χ0n) is 10.9. The van der Waals surface area contributed by atoms with Crippen LogP contribution in [0.25, 0.3) is 0 Å². The lowest BCUT2D eigenvalue weighted by Gasteiger charge is -2.41. The molecular weight excluding hydrogens is 248 g/mol. The molecule has 0 saturated carbocycles. The van der Waals surface area contributed by atoms with E-state index >= 15 is 0 Å². The van der Waals surface area contributed by atoms with E-state index in [1.807, 2.05) is 0 Å². The molecule has 0 aliphatic carbocycles. The fourth-order valence-electron chi connectivity index (χ4n) is 3.12. The van der Waals surface area contributed by atoms with Crippen LogP contribution in [0.5, 0.6) is 0 Å². The van der Waals surface area contributed by atoms with Gasteiger partial charge in [0, 0.05) is 31.6 Å². The maximum absolute atomic E-state index is 11.9. The third-order valence-corrected chi connectivity index (χ3v) is 4.05. The van der Waals surface area contributed by atoms with Crippen LogP contribution in [0.4, 0.5) is 4.79 Å². The number of carbonyl (C=O) groups excluding carboxylic acids is 1. The van der Waals surface area contributed by atoms with Gasteiger partial charge in [0.1, 0.15) is 6.61 Å². The molecule has 0 aromatic rings. The summed E-state index contributed by atoms with van der Waals surface area (Å²) in [4.78, 5) is 24.8. The zero-order valence-corrected chi connectivity index (χ0v) is 10.9. The molecule has 0 bridgehead atoms. The molecule has 2 aliphatic heterocycles. The minimum absolute atomic E-state index is 0.183. The summed E-state index contributed by atoms with van der Waals surface area (Å²) in [6.07, 6.45) is 2.79. The molecule has 2 rings (SSSR count). The molecule has 0 radical (unpaired) electrons. The molecule has 0 aromatic heterocycles. The van der Waals surface area contributed by atoms with Crippen LogP contribution in [-0.2, 0) is 9.53 Å². The van der Waals surface area contributed by atoms with Crippen LogP contribution in [0, 0.1) is 11.3 Å². The lowest BCUT2D eigenvalue weighted by Crippen LogP contribution is -2.51. The Hall–Kier alpha value is -1.56. The number of nitrogens with one attached hydrogen (secondary N) is 1. The van der Waals surface area contributed by atoms with Crippen LogP contribution in [0.15, 0.2) is 12.7 Å². The predicted octanol–water partition coefficient (Wildman–Crippen LogP) is 0.695. The van der Waals surface area contributed by atoms with Crippen LogP contribution in [0.3, 0.4) is 0 Å².